The van der Waals surface area contributed by atoms with Gasteiger partial charge >= 0.3 is 0 Å². The lowest BCUT2D eigenvalue weighted by Crippen LogP contribution is -2.63. The first-order chi connectivity index (χ1) is 27.3. The van der Waals surface area contributed by atoms with Gasteiger partial charge in [-0.05, 0) is 115 Å². The number of fused-ring (bicyclic) bond motifs is 5. The Morgan fingerprint density at radius 2 is 1.23 bits per heavy atom. The van der Waals surface area contributed by atoms with E-state index in [2.05, 4.69) is 112 Å². The number of rotatable bonds is 18. The highest BCUT2D eigenvalue weighted by Gasteiger charge is 2.66. The third-order valence-electron chi connectivity index (χ3n) is 15.4. The molecule has 3 aromatic rings. The SMILES string of the molecule is C[C@H](CCCOC(c1ccccc1)(c1ccccc1)c1ccccc1)[C@H]1CC[C@H]2[C@@H]3[C@H](OCCO)C[C@@H]4CC(OCCO)CC[C@]4(C)[C@H]3C[C@H](OCCO)[C@]12C. The normalized spacial score (nSPS) is 33.3. The minimum atomic E-state index is -0.721. The van der Waals surface area contributed by atoms with Crippen LogP contribution in [0, 0.1) is 46.3 Å². The fourth-order valence-corrected chi connectivity index (χ4v) is 12.9. The van der Waals surface area contributed by atoms with Crippen LogP contribution in [0.2, 0.25) is 0 Å². The summed E-state index contributed by atoms with van der Waals surface area (Å²) in [6, 6.07) is 32.0. The molecule has 7 heteroatoms. The Kier molecular flexibility index (Phi) is 13.7. The highest BCUT2D eigenvalue weighted by Crippen LogP contribution is 2.69. The van der Waals surface area contributed by atoms with Crippen LogP contribution >= 0.6 is 0 Å². The first-order valence-corrected chi connectivity index (χ1v) is 21.8. The molecule has 4 aliphatic rings. The highest BCUT2D eigenvalue weighted by molar-refractivity contribution is 5.47. The van der Waals surface area contributed by atoms with Crippen molar-refractivity contribution in [3.8, 4) is 0 Å². The summed E-state index contributed by atoms with van der Waals surface area (Å²) in [4.78, 5) is 0. The summed E-state index contributed by atoms with van der Waals surface area (Å²) in [6.45, 7) is 9.37. The van der Waals surface area contributed by atoms with Crippen LogP contribution in [0.4, 0.5) is 0 Å². The molecule has 56 heavy (non-hydrogen) atoms. The van der Waals surface area contributed by atoms with Gasteiger partial charge in [0.25, 0.3) is 0 Å². The maximum atomic E-state index is 10.0. The van der Waals surface area contributed by atoms with Gasteiger partial charge in [0.05, 0.1) is 58.0 Å². The Labute approximate surface area is 336 Å². The summed E-state index contributed by atoms with van der Waals surface area (Å²) < 4.78 is 26.8. The van der Waals surface area contributed by atoms with Gasteiger partial charge in [-0.15, -0.1) is 0 Å². The largest absolute Gasteiger partial charge is 0.394 e. The van der Waals surface area contributed by atoms with Gasteiger partial charge in [-0.1, -0.05) is 112 Å². The number of hydrogen-bond donors (Lipinski definition) is 3. The second-order valence-corrected chi connectivity index (χ2v) is 18.0. The monoisotopic (exact) mass is 768 g/mol. The van der Waals surface area contributed by atoms with Gasteiger partial charge in [0.1, 0.15) is 5.60 Å². The number of benzene rings is 3. The van der Waals surface area contributed by atoms with Crippen LogP contribution in [0.25, 0.3) is 0 Å². The molecule has 0 amide bonds. The van der Waals surface area contributed by atoms with Crippen molar-refractivity contribution in [2.75, 3.05) is 46.2 Å². The summed E-state index contributed by atoms with van der Waals surface area (Å²) in [6.07, 6.45) is 9.74. The van der Waals surface area contributed by atoms with Crippen molar-refractivity contribution >= 4 is 0 Å². The minimum Gasteiger partial charge on any atom is -0.394 e. The van der Waals surface area contributed by atoms with E-state index < -0.39 is 5.60 Å². The Morgan fingerprint density at radius 3 is 1.82 bits per heavy atom. The van der Waals surface area contributed by atoms with Crippen molar-refractivity contribution in [1.29, 1.82) is 0 Å². The summed E-state index contributed by atoms with van der Waals surface area (Å²) in [5, 5.41) is 29.4. The molecule has 0 radical (unpaired) electrons. The lowest BCUT2D eigenvalue weighted by molar-refractivity contribution is -0.229. The van der Waals surface area contributed by atoms with Crippen molar-refractivity contribution in [3.63, 3.8) is 0 Å². The van der Waals surface area contributed by atoms with Gasteiger partial charge in [0.2, 0.25) is 0 Å². The molecule has 4 saturated carbocycles. The zero-order valence-electron chi connectivity index (χ0n) is 34.1. The molecule has 0 bridgehead atoms. The Morgan fingerprint density at radius 1 is 0.661 bits per heavy atom. The predicted molar refractivity (Wildman–Crippen MR) is 220 cm³/mol. The highest BCUT2D eigenvalue weighted by atomic mass is 16.5. The van der Waals surface area contributed by atoms with Crippen molar-refractivity contribution < 1.29 is 34.3 Å². The Bertz CT molecular complexity index is 1520. The molecule has 0 aliphatic heterocycles. The van der Waals surface area contributed by atoms with Crippen LogP contribution in [-0.4, -0.2) is 79.9 Å². The molecule has 3 aromatic carbocycles. The van der Waals surface area contributed by atoms with Crippen molar-refractivity contribution in [2.24, 2.45) is 46.3 Å². The molecule has 4 aliphatic carbocycles. The van der Waals surface area contributed by atoms with Crippen LogP contribution in [0.15, 0.2) is 91.0 Å². The zero-order valence-corrected chi connectivity index (χ0v) is 34.1. The molecule has 7 nitrogen and oxygen atoms in total. The van der Waals surface area contributed by atoms with E-state index in [-0.39, 0.29) is 49.0 Å². The van der Waals surface area contributed by atoms with E-state index >= 15 is 0 Å². The third kappa shape index (κ3) is 7.91. The zero-order chi connectivity index (χ0) is 39.2. The van der Waals surface area contributed by atoms with Crippen LogP contribution < -0.4 is 0 Å². The van der Waals surface area contributed by atoms with Crippen LogP contribution in [0.5, 0.6) is 0 Å². The van der Waals surface area contributed by atoms with E-state index in [9.17, 15) is 15.3 Å². The summed E-state index contributed by atoms with van der Waals surface area (Å²) in [5.41, 5.74) is 2.76. The number of ether oxygens (including phenoxy) is 4. The van der Waals surface area contributed by atoms with Gasteiger partial charge in [0, 0.05) is 12.0 Å². The first kappa shape index (κ1) is 41.5. The molecule has 0 aromatic heterocycles. The molecule has 0 spiro atoms. The molecule has 11 atom stereocenters. The molecule has 3 N–H and O–H groups in total. The van der Waals surface area contributed by atoms with Gasteiger partial charge in [-0.2, -0.15) is 0 Å². The number of aliphatic hydroxyl groups is 3. The number of hydrogen-bond acceptors (Lipinski definition) is 7. The molecule has 306 valence electrons. The first-order valence-electron chi connectivity index (χ1n) is 21.8. The molecular formula is C49H68O7. The summed E-state index contributed by atoms with van der Waals surface area (Å²) >= 11 is 0. The van der Waals surface area contributed by atoms with Gasteiger partial charge < -0.3 is 34.3 Å². The number of aliphatic hydroxyl groups excluding tert-OH is 3. The summed E-state index contributed by atoms with van der Waals surface area (Å²) in [7, 11) is 0. The lowest BCUT2D eigenvalue weighted by Gasteiger charge is -2.64. The molecular weight excluding hydrogens is 701 g/mol. The van der Waals surface area contributed by atoms with Crippen molar-refractivity contribution in [1.82, 2.24) is 0 Å². The van der Waals surface area contributed by atoms with Gasteiger partial charge in [0.15, 0.2) is 0 Å². The third-order valence-corrected chi connectivity index (χ3v) is 15.4. The fourth-order valence-electron chi connectivity index (χ4n) is 12.9. The standard InChI is InChI=1S/C49H68O7/c1-35(14-13-28-56-49(36-15-7-4-8-16-36,37-17-9-5-10-18-37)38-19-11-6-12-20-38)41-21-22-42-46-43(34-45(48(41,42)3)55-31-27-52)47(2)24-23-40(53-29-25-50)32-39(47)33-44(46)54-30-26-51/h4-12,15-20,35,39-46,50-52H,13-14,21-34H2,1-3H3/t35-,39+,40?,41-,42+,43+,44-,45+,46+,47+,48-/m1/s1. The second-order valence-electron chi connectivity index (χ2n) is 18.0. The smallest absolute Gasteiger partial charge is 0.143 e. The summed E-state index contributed by atoms with van der Waals surface area (Å²) in [5.74, 6) is 2.69. The lowest BCUT2D eigenvalue weighted by atomic mass is 9.43. The quantitative estimate of drug-likeness (QED) is 0.0884. The molecule has 4 fully saturated rings. The van der Waals surface area contributed by atoms with Crippen LogP contribution in [0.3, 0.4) is 0 Å². The Hall–Kier alpha value is -2.62. The Balaban J connectivity index is 1.12. The van der Waals surface area contributed by atoms with Crippen LogP contribution in [0.1, 0.15) is 95.2 Å². The topological polar surface area (TPSA) is 97.6 Å². The molecule has 0 saturated heterocycles. The van der Waals surface area contributed by atoms with E-state index in [1.807, 2.05) is 0 Å². The average molecular weight is 769 g/mol. The van der Waals surface area contributed by atoms with E-state index in [4.69, 9.17) is 18.9 Å². The van der Waals surface area contributed by atoms with Gasteiger partial charge in [-0.3, -0.25) is 0 Å². The van der Waals surface area contributed by atoms with E-state index in [0.29, 0.717) is 61.9 Å². The van der Waals surface area contributed by atoms with E-state index in [0.717, 1.165) is 74.5 Å². The maximum Gasteiger partial charge on any atom is 0.143 e. The fraction of sp³-hybridized carbons (Fsp3) is 0.633. The van der Waals surface area contributed by atoms with Gasteiger partial charge in [-0.25, -0.2) is 0 Å². The predicted octanol–water partition coefficient (Wildman–Crippen LogP) is 8.42. The maximum absolute atomic E-state index is 10.0. The van der Waals surface area contributed by atoms with E-state index in [1.165, 1.54) is 0 Å². The van der Waals surface area contributed by atoms with Crippen LogP contribution in [-0.2, 0) is 24.5 Å². The second kappa shape index (κ2) is 18.5. The van der Waals surface area contributed by atoms with Crippen molar-refractivity contribution in [3.05, 3.63) is 108 Å². The van der Waals surface area contributed by atoms with Crippen molar-refractivity contribution in [2.45, 2.75) is 102 Å². The average Bonchev–Trinajstić information content (AvgIpc) is 3.60. The molecule has 7 rings (SSSR count). The molecule has 1 unspecified atom stereocenters. The van der Waals surface area contributed by atoms with E-state index in [1.54, 1.807) is 0 Å². The minimum absolute atomic E-state index is 0.0287. The molecule has 0 heterocycles.